The fraction of sp³-hybridized carbons (Fsp3) is 0.280. The van der Waals surface area contributed by atoms with Crippen LogP contribution < -0.4 is 26.4 Å². The number of anilines is 1. The lowest BCUT2D eigenvalue weighted by molar-refractivity contribution is 0.0923. The number of amides is 2. The highest BCUT2D eigenvalue weighted by atomic mass is 16.5. The molecule has 3 aromatic rings. The Morgan fingerprint density at radius 3 is 2.82 bits per heavy atom. The van der Waals surface area contributed by atoms with E-state index in [0.29, 0.717) is 35.7 Å². The Bertz CT molecular complexity index is 1180. The molecule has 0 spiro atoms. The maximum Gasteiger partial charge on any atom is 0.274 e. The van der Waals surface area contributed by atoms with E-state index in [4.69, 9.17) is 10.5 Å². The van der Waals surface area contributed by atoms with Gasteiger partial charge in [-0.3, -0.25) is 9.59 Å². The summed E-state index contributed by atoms with van der Waals surface area (Å²) in [5.74, 6) is 0.185. The summed E-state index contributed by atoms with van der Waals surface area (Å²) >= 11 is 0. The highest BCUT2D eigenvalue weighted by molar-refractivity contribution is 5.97. The lowest BCUT2D eigenvalue weighted by Gasteiger charge is -2.23. The maximum atomic E-state index is 12.8. The van der Waals surface area contributed by atoms with Crippen molar-refractivity contribution in [3.8, 4) is 17.0 Å². The number of hydrogen-bond donors (Lipinski definition) is 4. The number of para-hydroxylation sites is 1. The third-order valence-corrected chi connectivity index (χ3v) is 5.70. The molecule has 4 rings (SSSR count). The third-order valence-electron chi connectivity index (χ3n) is 5.70. The number of carbonyl (C=O) groups is 2. The number of benzene rings is 2. The SMILES string of the molecule is COc1ccccc1CNC(=O)c1cccc(-c2cnc(N)c(C(=O)N[C@H]3CCCNC3)n2)c1. The number of rotatable bonds is 7. The normalized spacial score (nSPS) is 15.4. The molecule has 2 aromatic carbocycles. The Morgan fingerprint density at radius 2 is 2.03 bits per heavy atom. The van der Waals surface area contributed by atoms with Gasteiger partial charge in [0.2, 0.25) is 0 Å². The number of ether oxygens (including phenoxy) is 1. The largest absolute Gasteiger partial charge is 0.496 e. The number of nitrogens with zero attached hydrogens (tertiary/aromatic N) is 2. The summed E-state index contributed by atoms with van der Waals surface area (Å²) in [5.41, 5.74) is 8.48. The van der Waals surface area contributed by atoms with E-state index in [1.165, 1.54) is 6.20 Å². The zero-order valence-corrected chi connectivity index (χ0v) is 19.0. The maximum absolute atomic E-state index is 12.8. The summed E-state index contributed by atoms with van der Waals surface area (Å²) in [7, 11) is 1.60. The Balaban J connectivity index is 1.49. The first-order valence-electron chi connectivity index (χ1n) is 11.2. The van der Waals surface area contributed by atoms with E-state index < -0.39 is 0 Å². The van der Waals surface area contributed by atoms with Crippen molar-refractivity contribution >= 4 is 17.6 Å². The molecule has 1 saturated heterocycles. The van der Waals surface area contributed by atoms with Gasteiger partial charge in [0.15, 0.2) is 11.5 Å². The van der Waals surface area contributed by atoms with Crippen LogP contribution in [0.3, 0.4) is 0 Å². The van der Waals surface area contributed by atoms with E-state index in [-0.39, 0.29) is 29.4 Å². The molecular formula is C25H28N6O3. The van der Waals surface area contributed by atoms with Crippen LogP contribution in [-0.2, 0) is 6.54 Å². The molecule has 0 radical (unpaired) electrons. The van der Waals surface area contributed by atoms with Gasteiger partial charge >= 0.3 is 0 Å². The molecule has 2 heterocycles. The summed E-state index contributed by atoms with van der Waals surface area (Å²) in [6.07, 6.45) is 3.40. The van der Waals surface area contributed by atoms with Gasteiger partial charge in [0.05, 0.1) is 19.0 Å². The fourth-order valence-electron chi connectivity index (χ4n) is 3.88. The minimum atomic E-state index is -0.355. The molecule has 34 heavy (non-hydrogen) atoms. The van der Waals surface area contributed by atoms with E-state index in [0.717, 1.165) is 24.9 Å². The molecule has 1 aliphatic heterocycles. The van der Waals surface area contributed by atoms with Gasteiger partial charge in [-0.25, -0.2) is 9.97 Å². The zero-order valence-electron chi connectivity index (χ0n) is 19.0. The Morgan fingerprint density at radius 1 is 1.18 bits per heavy atom. The van der Waals surface area contributed by atoms with Crippen LogP contribution in [0.15, 0.2) is 54.7 Å². The van der Waals surface area contributed by atoms with Gasteiger partial charge in [-0.2, -0.15) is 0 Å². The van der Waals surface area contributed by atoms with Crippen molar-refractivity contribution in [2.45, 2.75) is 25.4 Å². The number of methoxy groups -OCH3 is 1. The molecule has 176 valence electrons. The number of carbonyl (C=O) groups excluding carboxylic acids is 2. The zero-order chi connectivity index (χ0) is 23.9. The number of nitrogens with two attached hydrogens (primary N) is 1. The molecule has 0 aliphatic carbocycles. The first-order chi connectivity index (χ1) is 16.5. The average Bonchev–Trinajstić information content (AvgIpc) is 2.88. The van der Waals surface area contributed by atoms with Crippen molar-refractivity contribution in [3.05, 3.63) is 71.5 Å². The Kier molecular flexibility index (Phi) is 7.34. The topological polar surface area (TPSA) is 131 Å². The number of aromatic nitrogens is 2. The van der Waals surface area contributed by atoms with Crippen LogP contribution >= 0.6 is 0 Å². The van der Waals surface area contributed by atoms with Crippen LogP contribution in [0, 0.1) is 0 Å². The van der Waals surface area contributed by atoms with E-state index in [1.807, 2.05) is 30.3 Å². The van der Waals surface area contributed by atoms with Crippen LogP contribution in [0.4, 0.5) is 5.82 Å². The van der Waals surface area contributed by atoms with E-state index in [2.05, 4.69) is 25.9 Å². The molecule has 1 fully saturated rings. The van der Waals surface area contributed by atoms with Crippen molar-refractivity contribution in [1.29, 1.82) is 0 Å². The molecule has 0 bridgehead atoms. The van der Waals surface area contributed by atoms with Crippen LogP contribution in [0.1, 0.15) is 39.3 Å². The molecule has 1 atom stereocenters. The fourth-order valence-corrected chi connectivity index (χ4v) is 3.88. The first-order valence-corrected chi connectivity index (χ1v) is 11.2. The van der Waals surface area contributed by atoms with Gasteiger partial charge in [-0.1, -0.05) is 30.3 Å². The molecule has 9 heteroatoms. The van der Waals surface area contributed by atoms with Gasteiger partial charge in [0.1, 0.15) is 5.75 Å². The standard InChI is InChI=1S/C25H28N6O3/c1-34-21-10-3-2-6-18(21)13-29-24(32)17-8-4-7-16(12-17)20-15-28-23(26)22(31-20)25(33)30-19-9-5-11-27-14-19/h2-4,6-8,10,12,15,19,27H,5,9,11,13-14H2,1H3,(H2,26,28)(H,29,32)(H,30,33)/t19-/m0/s1. The monoisotopic (exact) mass is 460 g/mol. The minimum absolute atomic E-state index is 0.0290. The predicted molar refractivity (Wildman–Crippen MR) is 129 cm³/mol. The number of nitrogen functional groups attached to an aromatic ring is 1. The number of piperidine rings is 1. The van der Waals surface area contributed by atoms with E-state index >= 15 is 0 Å². The van der Waals surface area contributed by atoms with Gasteiger partial charge in [0, 0.05) is 35.8 Å². The van der Waals surface area contributed by atoms with Crippen molar-refractivity contribution in [1.82, 2.24) is 25.9 Å². The molecule has 0 unspecified atom stereocenters. The minimum Gasteiger partial charge on any atom is -0.496 e. The van der Waals surface area contributed by atoms with Crippen LogP contribution in [0.5, 0.6) is 5.75 Å². The van der Waals surface area contributed by atoms with E-state index in [1.54, 1.807) is 25.3 Å². The second kappa shape index (κ2) is 10.8. The Labute approximate surface area is 198 Å². The summed E-state index contributed by atoms with van der Waals surface area (Å²) in [4.78, 5) is 34.2. The summed E-state index contributed by atoms with van der Waals surface area (Å²) in [6, 6.07) is 14.5. The number of nitrogens with one attached hydrogen (secondary N) is 3. The molecule has 5 N–H and O–H groups in total. The summed E-state index contributed by atoms with van der Waals surface area (Å²) < 4.78 is 5.34. The summed E-state index contributed by atoms with van der Waals surface area (Å²) in [6.45, 7) is 1.99. The lowest BCUT2D eigenvalue weighted by atomic mass is 10.1. The molecule has 1 aliphatic rings. The predicted octanol–water partition coefficient (Wildman–Crippen LogP) is 2.15. The molecule has 0 saturated carbocycles. The van der Waals surface area contributed by atoms with Gasteiger partial charge in [-0.15, -0.1) is 0 Å². The lowest BCUT2D eigenvalue weighted by Crippen LogP contribution is -2.46. The highest BCUT2D eigenvalue weighted by Crippen LogP contribution is 2.21. The second-order valence-corrected chi connectivity index (χ2v) is 8.08. The highest BCUT2D eigenvalue weighted by Gasteiger charge is 2.20. The van der Waals surface area contributed by atoms with E-state index in [9.17, 15) is 9.59 Å². The quantitative estimate of drug-likeness (QED) is 0.425. The van der Waals surface area contributed by atoms with Crippen molar-refractivity contribution in [2.75, 3.05) is 25.9 Å². The average molecular weight is 461 g/mol. The molecule has 1 aromatic heterocycles. The Hall–Kier alpha value is -3.98. The number of hydrogen-bond acceptors (Lipinski definition) is 7. The van der Waals surface area contributed by atoms with Gasteiger partial charge in [-0.05, 0) is 37.6 Å². The van der Waals surface area contributed by atoms with Crippen LogP contribution in [-0.4, -0.2) is 48.0 Å². The third kappa shape index (κ3) is 5.49. The van der Waals surface area contributed by atoms with Crippen molar-refractivity contribution in [3.63, 3.8) is 0 Å². The van der Waals surface area contributed by atoms with Crippen LogP contribution in [0.25, 0.3) is 11.3 Å². The van der Waals surface area contributed by atoms with Gasteiger partial charge < -0.3 is 26.4 Å². The van der Waals surface area contributed by atoms with Crippen LogP contribution in [0.2, 0.25) is 0 Å². The van der Waals surface area contributed by atoms with Crippen molar-refractivity contribution in [2.24, 2.45) is 0 Å². The first kappa shape index (κ1) is 23.2. The molecule has 9 nitrogen and oxygen atoms in total. The van der Waals surface area contributed by atoms with Crippen molar-refractivity contribution < 1.29 is 14.3 Å². The summed E-state index contributed by atoms with van der Waals surface area (Å²) in [5, 5.41) is 9.14. The molecule has 2 amide bonds. The molecular weight excluding hydrogens is 432 g/mol. The smallest absolute Gasteiger partial charge is 0.274 e. The van der Waals surface area contributed by atoms with Gasteiger partial charge in [0.25, 0.3) is 11.8 Å². The second-order valence-electron chi connectivity index (χ2n) is 8.08.